The average molecular weight is 398 g/mol. The first-order chi connectivity index (χ1) is 14.1. The second-order valence-corrected chi connectivity index (χ2v) is 6.92. The van der Waals surface area contributed by atoms with Crippen LogP contribution in [0.15, 0.2) is 54.6 Å². The van der Waals surface area contributed by atoms with Gasteiger partial charge in [0.25, 0.3) is 5.91 Å². The Hall–Kier alpha value is -3.22. The summed E-state index contributed by atoms with van der Waals surface area (Å²) in [5.74, 6) is 1.04. The Labute approximate surface area is 170 Å². The number of carbonyl (C=O) groups is 2. The number of anilines is 1. The zero-order valence-corrected chi connectivity index (χ0v) is 16.4. The Kier molecular flexibility index (Phi) is 7.33. The maximum absolute atomic E-state index is 12.2. The van der Waals surface area contributed by atoms with Crippen molar-refractivity contribution in [2.24, 2.45) is 0 Å². The molecule has 1 saturated carbocycles. The van der Waals surface area contributed by atoms with Gasteiger partial charge in [-0.1, -0.05) is 24.3 Å². The van der Waals surface area contributed by atoms with Gasteiger partial charge in [0.1, 0.15) is 17.6 Å². The summed E-state index contributed by atoms with van der Waals surface area (Å²) >= 11 is 0. The van der Waals surface area contributed by atoms with Gasteiger partial charge >= 0.3 is 6.09 Å². The third-order valence-corrected chi connectivity index (χ3v) is 4.70. The van der Waals surface area contributed by atoms with Gasteiger partial charge in [0.2, 0.25) is 0 Å². The van der Waals surface area contributed by atoms with Gasteiger partial charge in [-0.3, -0.25) is 10.1 Å². The highest BCUT2D eigenvalue weighted by molar-refractivity contribution is 5.84. The monoisotopic (exact) mass is 398 g/mol. The largest absolute Gasteiger partial charge is 0.497 e. The number of hydrogen-bond acceptors (Lipinski definition) is 5. The van der Waals surface area contributed by atoms with Gasteiger partial charge in [0.05, 0.1) is 7.11 Å². The minimum atomic E-state index is -0.477. The number of rotatable bonds is 7. The van der Waals surface area contributed by atoms with E-state index in [1.165, 1.54) is 0 Å². The molecule has 0 spiro atoms. The van der Waals surface area contributed by atoms with Crippen LogP contribution in [-0.4, -0.2) is 37.9 Å². The van der Waals surface area contributed by atoms with E-state index in [1.807, 2.05) is 24.3 Å². The fraction of sp³-hybridized carbons (Fsp3) is 0.364. The maximum atomic E-state index is 12.2. The van der Waals surface area contributed by atoms with Gasteiger partial charge in [-0.15, -0.1) is 0 Å². The van der Waals surface area contributed by atoms with Crippen LogP contribution in [0.3, 0.4) is 0 Å². The lowest BCUT2D eigenvalue weighted by Crippen LogP contribution is -2.43. The molecule has 1 aliphatic carbocycles. The van der Waals surface area contributed by atoms with Crippen molar-refractivity contribution in [3.8, 4) is 11.5 Å². The van der Waals surface area contributed by atoms with Crippen molar-refractivity contribution < 1.29 is 23.8 Å². The van der Waals surface area contributed by atoms with Crippen LogP contribution in [0.25, 0.3) is 0 Å². The molecule has 2 aromatic carbocycles. The van der Waals surface area contributed by atoms with Crippen molar-refractivity contribution in [3.05, 3.63) is 54.6 Å². The predicted molar refractivity (Wildman–Crippen MR) is 109 cm³/mol. The summed E-state index contributed by atoms with van der Waals surface area (Å²) in [7, 11) is 1.58. The van der Waals surface area contributed by atoms with Crippen molar-refractivity contribution >= 4 is 17.7 Å². The Morgan fingerprint density at radius 2 is 1.83 bits per heavy atom. The zero-order valence-electron chi connectivity index (χ0n) is 16.4. The van der Waals surface area contributed by atoms with E-state index in [1.54, 1.807) is 37.4 Å². The summed E-state index contributed by atoms with van der Waals surface area (Å²) in [6, 6.07) is 16.2. The number of methoxy groups -OCH3 is 1. The molecule has 0 heterocycles. The van der Waals surface area contributed by atoms with Gasteiger partial charge in [-0.2, -0.15) is 0 Å². The van der Waals surface area contributed by atoms with Gasteiger partial charge in [0, 0.05) is 24.2 Å². The van der Waals surface area contributed by atoms with E-state index in [4.69, 9.17) is 14.2 Å². The number of carbonyl (C=O) groups excluding carboxylic acids is 2. The summed E-state index contributed by atoms with van der Waals surface area (Å²) in [5.41, 5.74) is 0.688. The van der Waals surface area contributed by atoms with Crippen LogP contribution in [0.1, 0.15) is 25.7 Å². The van der Waals surface area contributed by atoms with Gasteiger partial charge in [-0.25, -0.2) is 4.79 Å². The molecule has 2 aromatic rings. The van der Waals surface area contributed by atoms with E-state index in [-0.39, 0.29) is 24.7 Å². The molecule has 1 fully saturated rings. The van der Waals surface area contributed by atoms with E-state index in [0.29, 0.717) is 23.6 Å². The van der Waals surface area contributed by atoms with E-state index >= 15 is 0 Å². The molecule has 0 aliphatic heterocycles. The topological polar surface area (TPSA) is 85.9 Å². The van der Waals surface area contributed by atoms with Crippen LogP contribution in [-0.2, 0) is 9.53 Å². The van der Waals surface area contributed by atoms with Crippen molar-refractivity contribution in [2.45, 2.75) is 37.8 Å². The molecule has 29 heavy (non-hydrogen) atoms. The van der Waals surface area contributed by atoms with E-state index in [9.17, 15) is 9.59 Å². The summed E-state index contributed by atoms with van der Waals surface area (Å²) in [5, 5.41) is 5.68. The second-order valence-electron chi connectivity index (χ2n) is 6.92. The fourth-order valence-electron chi connectivity index (χ4n) is 3.31. The number of para-hydroxylation sites is 1. The predicted octanol–water partition coefficient (Wildman–Crippen LogP) is 3.75. The molecule has 2 amide bonds. The van der Waals surface area contributed by atoms with Gasteiger partial charge in [0.15, 0.2) is 6.61 Å². The molecule has 2 N–H and O–H groups in total. The number of benzene rings is 2. The Morgan fingerprint density at radius 3 is 2.62 bits per heavy atom. The Bertz CT molecular complexity index is 812. The van der Waals surface area contributed by atoms with Crippen molar-refractivity contribution in [2.75, 3.05) is 19.0 Å². The van der Waals surface area contributed by atoms with Gasteiger partial charge < -0.3 is 19.5 Å². The van der Waals surface area contributed by atoms with Crippen LogP contribution in [0, 0.1) is 0 Å². The molecule has 1 aliphatic rings. The molecular weight excluding hydrogens is 372 g/mol. The number of amides is 2. The molecular formula is C22H26N2O5. The normalized spacial score (nSPS) is 18.4. The van der Waals surface area contributed by atoms with Crippen molar-refractivity contribution in [1.29, 1.82) is 0 Å². The fourth-order valence-corrected chi connectivity index (χ4v) is 3.31. The first-order valence-corrected chi connectivity index (χ1v) is 9.71. The molecule has 0 bridgehead atoms. The van der Waals surface area contributed by atoms with Crippen molar-refractivity contribution in [1.82, 2.24) is 5.32 Å². The Morgan fingerprint density at radius 1 is 1.03 bits per heavy atom. The molecule has 0 radical (unpaired) electrons. The summed E-state index contributed by atoms with van der Waals surface area (Å²) < 4.78 is 16.2. The smallest absolute Gasteiger partial charge is 0.411 e. The summed E-state index contributed by atoms with van der Waals surface area (Å²) in [4.78, 5) is 24.3. The van der Waals surface area contributed by atoms with Crippen molar-refractivity contribution in [3.63, 3.8) is 0 Å². The number of ether oxygens (including phenoxy) is 3. The highest BCUT2D eigenvalue weighted by Gasteiger charge is 2.26. The lowest BCUT2D eigenvalue weighted by atomic mass is 9.93. The lowest BCUT2D eigenvalue weighted by Gasteiger charge is -2.29. The van der Waals surface area contributed by atoms with Crippen LogP contribution < -0.4 is 20.1 Å². The molecule has 0 saturated heterocycles. The van der Waals surface area contributed by atoms with Crippen LogP contribution in [0.2, 0.25) is 0 Å². The standard InChI is InChI=1S/C22H26N2O5/c1-27-18-10-6-11-19(14-18)28-15-21(25)23-17-9-5-12-20(13-17)29-22(26)24-16-7-3-2-4-8-16/h2-4,6-8,10-11,14,17,20H,5,9,12-13,15H2,1H3,(H,23,25)(H,24,26)/t17-,20+/m0/s1. The van der Waals surface area contributed by atoms with Gasteiger partial charge in [-0.05, 0) is 43.5 Å². The zero-order chi connectivity index (χ0) is 20.5. The summed E-state index contributed by atoms with van der Waals surface area (Å²) in [6.07, 6.45) is 2.41. The second kappa shape index (κ2) is 10.4. The highest BCUT2D eigenvalue weighted by atomic mass is 16.6. The number of nitrogens with one attached hydrogen (secondary N) is 2. The highest BCUT2D eigenvalue weighted by Crippen LogP contribution is 2.22. The van der Waals surface area contributed by atoms with Crippen LogP contribution >= 0.6 is 0 Å². The van der Waals surface area contributed by atoms with E-state index in [0.717, 1.165) is 19.3 Å². The first kappa shape index (κ1) is 20.5. The molecule has 0 aromatic heterocycles. The third kappa shape index (κ3) is 6.71. The quantitative estimate of drug-likeness (QED) is 0.742. The van der Waals surface area contributed by atoms with Crippen LogP contribution in [0.4, 0.5) is 10.5 Å². The minimum absolute atomic E-state index is 0.0420. The molecule has 2 atom stereocenters. The van der Waals surface area contributed by atoms with Crippen LogP contribution in [0.5, 0.6) is 11.5 Å². The number of hydrogen-bond donors (Lipinski definition) is 2. The molecule has 7 heteroatoms. The summed E-state index contributed by atoms with van der Waals surface area (Å²) in [6.45, 7) is -0.0797. The average Bonchev–Trinajstić information content (AvgIpc) is 2.73. The maximum Gasteiger partial charge on any atom is 0.411 e. The Balaban J connectivity index is 1.41. The molecule has 7 nitrogen and oxygen atoms in total. The first-order valence-electron chi connectivity index (χ1n) is 9.71. The molecule has 3 rings (SSSR count). The molecule has 154 valence electrons. The van der Waals surface area contributed by atoms with E-state index in [2.05, 4.69) is 10.6 Å². The molecule has 0 unspecified atom stereocenters. The van der Waals surface area contributed by atoms with E-state index < -0.39 is 6.09 Å². The minimum Gasteiger partial charge on any atom is -0.497 e. The lowest BCUT2D eigenvalue weighted by molar-refractivity contribution is -0.124. The third-order valence-electron chi connectivity index (χ3n) is 4.70. The SMILES string of the molecule is COc1cccc(OCC(=O)N[C@H]2CCC[C@@H](OC(=O)Nc3ccccc3)C2)c1.